The van der Waals surface area contributed by atoms with Gasteiger partial charge < -0.3 is 13.9 Å². The molecular weight excluding hydrogens is 608 g/mol. The highest BCUT2D eigenvalue weighted by Gasteiger charge is 2.50. The molecule has 0 aliphatic rings. The number of ether oxygens (including phenoxy) is 2. The molecule has 0 aliphatic heterocycles. The molecule has 0 heterocycles. The Hall–Kier alpha value is -1.02. The third kappa shape index (κ3) is 9.29. The average Bonchev–Trinajstić information content (AvgIpc) is 2.85. The summed E-state index contributed by atoms with van der Waals surface area (Å²) < 4.78 is 19.3. The Bertz CT molecular complexity index is 943. The Morgan fingerprint density at radius 3 is 1.95 bits per heavy atom. The molecule has 0 radical (unpaired) electrons. The molecule has 204 valence electrons. The summed E-state index contributed by atoms with van der Waals surface area (Å²) in [7, 11) is -0.866. The van der Waals surface area contributed by atoms with Crippen molar-refractivity contribution < 1.29 is 13.9 Å². The molecule has 3 atom stereocenters. The van der Waals surface area contributed by atoms with E-state index >= 15 is 0 Å². The van der Waals surface area contributed by atoms with Gasteiger partial charge >= 0.3 is 0 Å². The van der Waals surface area contributed by atoms with E-state index in [-0.39, 0.29) is 30.0 Å². The molecule has 0 aromatic heterocycles. The summed E-state index contributed by atoms with van der Waals surface area (Å²) in [5.41, 5.74) is 1.22. The van der Waals surface area contributed by atoms with E-state index in [0.29, 0.717) is 0 Å². The second-order valence-electron chi connectivity index (χ2n) is 10.8. The molecule has 3 nitrogen and oxygen atoms in total. The molecule has 0 saturated heterocycles. The van der Waals surface area contributed by atoms with E-state index < -0.39 is 8.32 Å². The number of benzene rings is 2. The SMILES string of the molecule is COCO[C@@H](/C(C)=C/CCC[C@@H](C)O[Si](c1ccccc1)(c1ccccc1)C(C)(C)C)[C@@H](C)C=C(Br)Br. The summed E-state index contributed by atoms with van der Waals surface area (Å²) in [6.45, 7) is 13.8. The van der Waals surface area contributed by atoms with Crippen LogP contribution in [-0.2, 0) is 13.9 Å². The summed E-state index contributed by atoms with van der Waals surface area (Å²) in [5.74, 6) is 0.206. The lowest BCUT2D eigenvalue weighted by Gasteiger charge is -2.44. The van der Waals surface area contributed by atoms with E-state index in [1.807, 2.05) is 0 Å². The zero-order chi connectivity index (χ0) is 27.5. The predicted octanol–water partition coefficient (Wildman–Crippen LogP) is 8.32. The third-order valence-corrected chi connectivity index (χ3v) is 12.4. The number of unbranched alkanes of at least 4 members (excludes halogenated alkanes) is 1. The molecule has 2 rings (SSSR count). The minimum Gasteiger partial charge on any atom is -0.405 e. The molecule has 0 amide bonds. The maximum atomic E-state index is 7.22. The van der Waals surface area contributed by atoms with Gasteiger partial charge in [0.2, 0.25) is 0 Å². The van der Waals surface area contributed by atoms with Crippen molar-refractivity contribution in [1.29, 1.82) is 0 Å². The Labute approximate surface area is 243 Å². The fraction of sp³-hybridized carbons (Fsp3) is 0.484. The number of allylic oxidation sites excluding steroid dienone is 1. The second-order valence-corrected chi connectivity index (χ2v) is 17.8. The zero-order valence-corrected chi connectivity index (χ0v) is 27.6. The first-order valence-electron chi connectivity index (χ1n) is 13.1. The van der Waals surface area contributed by atoms with Crippen LogP contribution < -0.4 is 10.4 Å². The number of rotatable bonds is 14. The molecule has 0 aliphatic carbocycles. The van der Waals surface area contributed by atoms with Crippen molar-refractivity contribution in [3.63, 3.8) is 0 Å². The van der Waals surface area contributed by atoms with Crippen molar-refractivity contribution in [1.82, 2.24) is 0 Å². The monoisotopic (exact) mass is 650 g/mol. The number of hydrogen-bond donors (Lipinski definition) is 0. The van der Waals surface area contributed by atoms with Crippen LogP contribution in [0.25, 0.3) is 0 Å². The number of hydrogen-bond acceptors (Lipinski definition) is 3. The minimum absolute atomic E-state index is 0.0142. The highest BCUT2D eigenvalue weighted by molar-refractivity contribution is 9.28. The Morgan fingerprint density at radius 2 is 1.49 bits per heavy atom. The fourth-order valence-electron chi connectivity index (χ4n) is 5.03. The quantitative estimate of drug-likeness (QED) is 0.0890. The molecule has 37 heavy (non-hydrogen) atoms. The topological polar surface area (TPSA) is 27.7 Å². The Balaban J connectivity index is 2.18. The van der Waals surface area contributed by atoms with Crippen LogP contribution >= 0.6 is 31.9 Å². The Morgan fingerprint density at radius 1 is 0.946 bits per heavy atom. The first kappa shape index (κ1) is 32.2. The summed E-state index contributed by atoms with van der Waals surface area (Å²) in [6, 6.07) is 21.7. The van der Waals surface area contributed by atoms with Crippen LogP contribution in [0.15, 0.2) is 81.8 Å². The normalized spacial score (nSPS) is 15.2. The van der Waals surface area contributed by atoms with Gasteiger partial charge in [-0.3, -0.25) is 0 Å². The standard InChI is InChI=1S/C31H44Br2O3Si/c1-24(30(35-23-34-7)25(2)22-29(32)33)16-14-15-17-26(3)36-37(31(4,5)6,27-18-10-8-11-19-27)28-20-12-9-13-21-28/h8-13,16,18-22,25-26,30H,14-15,17,23H2,1-7H3/b24-16+/t25-,26+,30-/m0/s1. The second kappa shape index (κ2) is 15.5. The largest absolute Gasteiger partial charge is 0.405 e. The lowest BCUT2D eigenvalue weighted by molar-refractivity contribution is -0.0693. The van der Waals surface area contributed by atoms with Crippen LogP contribution in [0.4, 0.5) is 0 Å². The third-order valence-electron chi connectivity index (χ3n) is 6.76. The van der Waals surface area contributed by atoms with Gasteiger partial charge in [-0.25, -0.2) is 0 Å². The summed E-state index contributed by atoms with van der Waals surface area (Å²) >= 11 is 6.95. The molecule has 0 bridgehead atoms. The first-order valence-corrected chi connectivity index (χ1v) is 16.6. The van der Waals surface area contributed by atoms with Gasteiger partial charge in [0.25, 0.3) is 8.32 Å². The van der Waals surface area contributed by atoms with Crippen LogP contribution in [0.5, 0.6) is 0 Å². The molecule has 2 aromatic rings. The number of halogens is 2. The van der Waals surface area contributed by atoms with Gasteiger partial charge in [0.1, 0.15) is 6.79 Å². The fourth-order valence-corrected chi connectivity index (χ4v) is 10.6. The average molecular weight is 653 g/mol. The van der Waals surface area contributed by atoms with Crippen LogP contribution in [0.2, 0.25) is 5.04 Å². The molecule has 0 spiro atoms. The molecule has 0 fully saturated rings. The van der Waals surface area contributed by atoms with Gasteiger partial charge in [-0.15, -0.1) is 0 Å². The molecular formula is C31H44Br2O3Si. The van der Waals surface area contributed by atoms with E-state index in [1.165, 1.54) is 15.9 Å². The first-order chi connectivity index (χ1) is 17.5. The van der Waals surface area contributed by atoms with Crippen molar-refractivity contribution in [2.24, 2.45) is 5.92 Å². The smallest absolute Gasteiger partial charge is 0.261 e. The highest BCUT2D eigenvalue weighted by atomic mass is 79.9. The van der Waals surface area contributed by atoms with Crippen molar-refractivity contribution in [2.45, 2.75) is 78.1 Å². The predicted molar refractivity (Wildman–Crippen MR) is 168 cm³/mol. The number of methoxy groups -OCH3 is 1. The molecule has 0 saturated carbocycles. The maximum Gasteiger partial charge on any atom is 0.261 e. The lowest BCUT2D eigenvalue weighted by atomic mass is 9.97. The molecule has 2 aromatic carbocycles. The summed E-state index contributed by atoms with van der Waals surface area (Å²) in [4.78, 5) is 0. The van der Waals surface area contributed by atoms with Gasteiger partial charge in [-0.2, -0.15) is 0 Å². The molecule has 0 unspecified atom stereocenters. The summed E-state index contributed by atoms with van der Waals surface area (Å²) in [6.07, 6.45) is 7.57. The highest BCUT2D eigenvalue weighted by Crippen LogP contribution is 2.38. The van der Waals surface area contributed by atoms with Crippen LogP contribution in [0.1, 0.15) is 60.8 Å². The van der Waals surface area contributed by atoms with E-state index in [1.54, 1.807) is 7.11 Å². The van der Waals surface area contributed by atoms with Gasteiger partial charge in [-0.05, 0) is 86.0 Å². The van der Waals surface area contributed by atoms with Crippen LogP contribution in [0, 0.1) is 5.92 Å². The van der Waals surface area contributed by atoms with Gasteiger partial charge in [0.05, 0.1) is 9.50 Å². The van der Waals surface area contributed by atoms with E-state index in [2.05, 4.69) is 146 Å². The van der Waals surface area contributed by atoms with E-state index in [4.69, 9.17) is 13.9 Å². The van der Waals surface area contributed by atoms with E-state index in [0.717, 1.165) is 22.7 Å². The van der Waals surface area contributed by atoms with Gasteiger partial charge in [0.15, 0.2) is 0 Å². The van der Waals surface area contributed by atoms with Crippen LogP contribution in [0.3, 0.4) is 0 Å². The zero-order valence-electron chi connectivity index (χ0n) is 23.5. The van der Waals surface area contributed by atoms with Crippen molar-refractivity contribution >= 4 is 50.6 Å². The van der Waals surface area contributed by atoms with E-state index in [9.17, 15) is 0 Å². The molecule has 6 heteroatoms. The van der Waals surface area contributed by atoms with Crippen LogP contribution in [-0.4, -0.2) is 34.4 Å². The van der Waals surface area contributed by atoms with Crippen molar-refractivity contribution in [2.75, 3.05) is 13.9 Å². The maximum absolute atomic E-state index is 7.22. The Kier molecular flexibility index (Phi) is 13.5. The summed E-state index contributed by atoms with van der Waals surface area (Å²) in [5, 5.41) is 2.64. The van der Waals surface area contributed by atoms with Gasteiger partial charge in [0, 0.05) is 19.1 Å². The lowest BCUT2D eigenvalue weighted by Crippen LogP contribution is -2.67. The van der Waals surface area contributed by atoms with Crippen molar-refractivity contribution in [3.8, 4) is 0 Å². The van der Waals surface area contributed by atoms with Crippen molar-refractivity contribution in [3.05, 3.63) is 81.8 Å². The molecule has 0 N–H and O–H groups in total. The minimum atomic E-state index is -2.52. The van der Waals surface area contributed by atoms with Gasteiger partial charge in [-0.1, -0.05) is 101 Å².